The quantitative estimate of drug-likeness (QED) is 0.242. The molecule has 2 aromatic carbocycles. The van der Waals surface area contributed by atoms with Gasteiger partial charge < -0.3 is 15.4 Å². The molecule has 1 saturated heterocycles. The first-order chi connectivity index (χ1) is 20.0. The number of halogens is 2. The van der Waals surface area contributed by atoms with Crippen LogP contribution in [0.2, 0.25) is 0 Å². The normalized spacial score (nSPS) is 21.6. The molecule has 2 fully saturated rings. The molecular formula is C30H32F2N6O3S. The lowest BCUT2D eigenvalue weighted by Crippen LogP contribution is -2.44. The number of aromatic nitrogens is 3. The van der Waals surface area contributed by atoms with Gasteiger partial charge in [0, 0.05) is 66.0 Å². The molecule has 0 amide bonds. The van der Waals surface area contributed by atoms with Crippen molar-refractivity contribution in [3.8, 4) is 22.9 Å². The molecule has 3 unspecified atom stereocenters. The lowest BCUT2D eigenvalue weighted by molar-refractivity contribution is 0.255. The molecule has 0 bridgehead atoms. The summed E-state index contributed by atoms with van der Waals surface area (Å²) in [4.78, 5) is 13.2. The molecule has 1 aliphatic heterocycles. The highest BCUT2D eigenvalue weighted by Crippen LogP contribution is 2.51. The molecule has 1 saturated carbocycles. The number of alkyl halides is 1. The van der Waals surface area contributed by atoms with Crippen molar-refractivity contribution in [2.75, 3.05) is 23.1 Å². The van der Waals surface area contributed by atoms with Crippen molar-refractivity contribution in [1.29, 1.82) is 0 Å². The van der Waals surface area contributed by atoms with Crippen molar-refractivity contribution in [2.45, 2.75) is 51.1 Å². The zero-order valence-corrected chi connectivity index (χ0v) is 24.3. The maximum Gasteiger partial charge on any atom is 0.246 e. The molecular weight excluding hydrogens is 562 g/mol. The number of nitrogens with one attached hydrogen (secondary N) is 3. The molecule has 3 atom stereocenters. The fourth-order valence-corrected chi connectivity index (χ4v) is 7.58. The third kappa shape index (κ3) is 5.48. The van der Waals surface area contributed by atoms with Gasteiger partial charge in [0.05, 0.1) is 10.9 Å². The van der Waals surface area contributed by atoms with Gasteiger partial charge in [0.2, 0.25) is 15.9 Å². The monoisotopic (exact) mass is 594 g/mol. The molecule has 220 valence electrons. The zero-order chi connectivity index (χ0) is 29.6. The van der Waals surface area contributed by atoms with E-state index in [0.29, 0.717) is 53.8 Å². The largest absolute Gasteiger partial charge is 0.436 e. The van der Waals surface area contributed by atoms with Gasteiger partial charge in [-0.05, 0) is 30.9 Å². The predicted octanol–water partition coefficient (Wildman–Crippen LogP) is 5.58. The Hall–Kier alpha value is -3.90. The molecule has 3 N–H and O–H groups in total. The van der Waals surface area contributed by atoms with Crippen molar-refractivity contribution in [3.05, 3.63) is 66.4 Å². The summed E-state index contributed by atoms with van der Waals surface area (Å²) in [5.41, 5.74) is 0.715. The SMILES string of the molecule is Cc1c(F)c(NS(=O)(=O)C2CC2(C)C)c2ccccc2c1Oc1nccnc1-c1ccnc(NC2CNCC(F)C2)c1. The third-order valence-corrected chi connectivity index (χ3v) is 9.96. The first kappa shape index (κ1) is 28.2. The minimum absolute atomic E-state index is 0.102. The Morgan fingerprint density at radius 2 is 1.79 bits per heavy atom. The van der Waals surface area contributed by atoms with E-state index in [0.717, 1.165) is 0 Å². The molecule has 9 nitrogen and oxygen atoms in total. The van der Waals surface area contributed by atoms with Crippen LogP contribution < -0.4 is 20.1 Å². The van der Waals surface area contributed by atoms with Crippen LogP contribution in [-0.4, -0.2) is 53.9 Å². The van der Waals surface area contributed by atoms with Crippen LogP contribution in [0.4, 0.5) is 20.3 Å². The summed E-state index contributed by atoms with van der Waals surface area (Å²) in [5, 5.41) is 6.62. The van der Waals surface area contributed by atoms with Gasteiger partial charge in [0.25, 0.3) is 0 Å². The van der Waals surface area contributed by atoms with Crippen LogP contribution in [0.5, 0.6) is 11.6 Å². The number of fused-ring (bicyclic) bond motifs is 1. The summed E-state index contributed by atoms with van der Waals surface area (Å²) < 4.78 is 64.8. The van der Waals surface area contributed by atoms with E-state index in [-0.39, 0.29) is 34.3 Å². The van der Waals surface area contributed by atoms with Crippen molar-refractivity contribution in [2.24, 2.45) is 5.41 Å². The van der Waals surface area contributed by atoms with Gasteiger partial charge in [0.1, 0.15) is 23.4 Å². The van der Waals surface area contributed by atoms with Crippen molar-refractivity contribution in [1.82, 2.24) is 20.3 Å². The molecule has 6 rings (SSSR count). The lowest BCUT2D eigenvalue weighted by atomic mass is 10.0. The van der Waals surface area contributed by atoms with Crippen LogP contribution in [0.3, 0.4) is 0 Å². The fourth-order valence-electron chi connectivity index (χ4n) is 5.46. The lowest BCUT2D eigenvalue weighted by Gasteiger charge is -2.26. The average Bonchev–Trinajstić information content (AvgIpc) is 3.63. The highest BCUT2D eigenvalue weighted by atomic mass is 32.2. The summed E-state index contributed by atoms with van der Waals surface area (Å²) in [5.74, 6) is 0.166. The van der Waals surface area contributed by atoms with Crippen LogP contribution >= 0.6 is 0 Å². The van der Waals surface area contributed by atoms with E-state index < -0.39 is 27.3 Å². The highest BCUT2D eigenvalue weighted by Gasteiger charge is 2.54. The standard InChI is InChI=1S/C30H32F2N6O3S/c1-17-25(32)27(38-42(39,40)23-14-30(23,2)3)21-6-4-5-7-22(21)28(17)41-29-26(35-10-11-36-29)18-8-9-34-24(12-18)37-20-13-19(31)15-33-16-20/h4-12,19-20,23,33,38H,13-16H2,1-3H3,(H,34,37). The van der Waals surface area contributed by atoms with Crippen molar-refractivity contribution in [3.63, 3.8) is 0 Å². The molecule has 12 heteroatoms. The van der Waals surface area contributed by atoms with Crippen molar-refractivity contribution >= 4 is 32.3 Å². The molecule has 4 aromatic rings. The first-order valence-corrected chi connectivity index (χ1v) is 15.4. The maximum atomic E-state index is 15.9. The van der Waals surface area contributed by atoms with Gasteiger partial charge in [0.15, 0.2) is 5.82 Å². The number of anilines is 2. The van der Waals surface area contributed by atoms with E-state index in [1.807, 2.05) is 13.8 Å². The van der Waals surface area contributed by atoms with Gasteiger partial charge in [-0.25, -0.2) is 32.2 Å². The van der Waals surface area contributed by atoms with E-state index in [9.17, 15) is 12.8 Å². The van der Waals surface area contributed by atoms with Crippen LogP contribution in [0.25, 0.3) is 22.0 Å². The summed E-state index contributed by atoms with van der Waals surface area (Å²) in [6.45, 7) is 6.25. The number of hydrogen-bond acceptors (Lipinski definition) is 8. The summed E-state index contributed by atoms with van der Waals surface area (Å²) in [6.07, 6.45) is 4.57. The van der Waals surface area contributed by atoms with Gasteiger partial charge >= 0.3 is 0 Å². The Kier molecular flexibility index (Phi) is 7.22. The minimum Gasteiger partial charge on any atom is -0.436 e. The van der Waals surface area contributed by atoms with Crippen LogP contribution in [0, 0.1) is 18.2 Å². The van der Waals surface area contributed by atoms with Gasteiger partial charge in [-0.15, -0.1) is 0 Å². The molecule has 3 heterocycles. The molecule has 1 aliphatic carbocycles. The molecule has 2 aliphatic rings. The van der Waals surface area contributed by atoms with E-state index in [1.54, 1.807) is 42.6 Å². The average molecular weight is 595 g/mol. The van der Waals surface area contributed by atoms with Gasteiger partial charge in [-0.2, -0.15) is 0 Å². The fraction of sp³-hybridized carbons (Fsp3) is 0.367. The van der Waals surface area contributed by atoms with E-state index in [2.05, 4.69) is 30.3 Å². The Morgan fingerprint density at radius 3 is 2.52 bits per heavy atom. The third-order valence-electron chi connectivity index (χ3n) is 7.92. The second-order valence-corrected chi connectivity index (χ2v) is 13.5. The minimum atomic E-state index is -3.80. The van der Waals surface area contributed by atoms with Gasteiger partial charge in [-0.1, -0.05) is 38.1 Å². The number of piperidine rings is 1. The molecule has 2 aromatic heterocycles. The van der Waals surface area contributed by atoms with Crippen molar-refractivity contribution < 1.29 is 21.9 Å². The van der Waals surface area contributed by atoms with Crippen LogP contribution in [-0.2, 0) is 10.0 Å². The summed E-state index contributed by atoms with van der Waals surface area (Å²) in [7, 11) is -3.80. The number of benzene rings is 2. The molecule has 42 heavy (non-hydrogen) atoms. The topological polar surface area (TPSA) is 118 Å². The Labute approximate surface area is 243 Å². The first-order valence-electron chi connectivity index (χ1n) is 13.8. The number of hydrogen-bond donors (Lipinski definition) is 3. The van der Waals surface area contributed by atoms with Crippen LogP contribution in [0.15, 0.2) is 55.0 Å². The predicted molar refractivity (Wildman–Crippen MR) is 159 cm³/mol. The zero-order valence-electron chi connectivity index (χ0n) is 23.5. The highest BCUT2D eigenvalue weighted by molar-refractivity contribution is 7.93. The van der Waals surface area contributed by atoms with E-state index in [4.69, 9.17) is 4.74 Å². The second kappa shape index (κ2) is 10.7. The number of pyridine rings is 1. The number of sulfonamides is 1. The van der Waals surface area contributed by atoms with E-state index in [1.165, 1.54) is 19.3 Å². The Balaban J connectivity index is 1.35. The van der Waals surface area contributed by atoms with Crippen LogP contribution in [0.1, 0.15) is 32.3 Å². The smallest absolute Gasteiger partial charge is 0.246 e. The summed E-state index contributed by atoms with van der Waals surface area (Å²) in [6, 6.07) is 10.3. The number of nitrogens with zero attached hydrogens (tertiary/aromatic N) is 3. The molecule has 0 spiro atoms. The number of ether oxygens (including phenoxy) is 1. The van der Waals surface area contributed by atoms with E-state index >= 15 is 4.39 Å². The number of rotatable bonds is 8. The molecule has 0 radical (unpaired) electrons. The summed E-state index contributed by atoms with van der Waals surface area (Å²) >= 11 is 0. The Bertz CT molecular complexity index is 1770. The van der Waals surface area contributed by atoms with Gasteiger partial charge in [-0.3, -0.25) is 4.72 Å². The Morgan fingerprint density at radius 1 is 1.05 bits per heavy atom. The second-order valence-electron chi connectivity index (χ2n) is 11.6. The maximum absolute atomic E-state index is 15.9.